The van der Waals surface area contributed by atoms with Crippen LogP contribution in [-0.4, -0.2) is 32.8 Å². The molecule has 0 aliphatic carbocycles. The average Bonchev–Trinajstić information content (AvgIpc) is 3.08. The first-order chi connectivity index (χ1) is 12.0. The molecule has 0 spiro atoms. The van der Waals surface area contributed by atoms with Crippen LogP contribution in [0.3, 0.4) is 0 Å². The van der Waals surface area contributed by atoms with E-state index in [9.17, 15) is 9.50 Å². The summed E-state index contributed by atoms with van der Waals surface area (Å²) in [6, 6.07) is 6.62. The number of benzene rings is 1. The summed E-state index contributed by atoms with van der Waals surface area (Å²) in [5.41, 5.74) is 0.890. The molecular formula is C18H22FN4OS+. The molecule has 2 aromatic heterocycles. The number of quaternary nitrogens is 1. The van der Waals surface area contributed by atoms with Crippen LogP contribution in [0.2, 0.25) is 0 Å². The smallest absolute Gasteiger partial charge is 0.235 e. The van der Waals surface area contributed by atoms with Crippen molar-refractivity contribution in [2.45, 2.75) is 32.7 Å². The third-order valence-corrected chi connectivity index (χ3v) is 6.16. The molecule has 5 nitrogen and oxygen atoms in total. The first kappa shape index (κ1) is 16.5. The van der Waals surface area contributed by atoms with E-state index in [0.29, 0.717) is 10.8 Å². The highest BCUT2D eigenvalue weighted by Crippen LogP contribution is 2.35. The van der Waals surface area contributed by atoms with Crippen molar-refractivity contribution in [3.05, 3.63) is 46.3 Å². The number of rotatable bonds is 3. The van der Waals surface area contributed by atoms with Crippen LogP contribution < -0.4 is 4.90 Å². The maximum atomic E-state index is 13.9. The fraction of sp³-hybridized carbons (Fsp3) is 0.444. The Balaban J connectivity index is 1.81. The highest BCUT2D eigenvalue weighted by atomic mass is 32.1. The van der Waals surface area contributed by atoms with Crippen LogP contribution in [0.15, 0.2) is 24.3 Å². The van der Waals surface area contributed by atoms with Crippen LogP contribution >= 0.6 is 11.3 Å². The second-order valence-corrected chi connectivity index (χ2v) is 7.98. The first-order valence-electron chi connectivity index (χ1n) is 8.68. The number of nitrogens with zero attached hydrogens (tertiary/aromatic N) is 3. The van der Waals surface area contributed by atoms with E-state index in [0.717, 1.165) is 42.3 Å². The molecule has 4 rings (SSSR count). The van der Waals surface area contributed by atoms with Crippen LogP contribution in [0.1, 0.15) is 42.1 Å². The SMILES string of the molecule is Cc1nc2sc([C@@H](c3cccc(F)c3)[NH+]3CCC(C)CC3)c(O)n2n1. The van der Waals surface area contributed by atoms with E-state index in [-0.39, 0.29) is 17.7 Å². The van der Waals surface area contributed by atoms with Gasteiger partial charge in [-0.05, 0) is 37.8 Å². The van der Waals surface area contributed by atoms with Gasteiger partial charge in [0.15, 0.2) is 6.04 Å². The van der Waals surface area contributed by atoms with Gasteiger partial charge in [0, 0.05) is 5.56 Å². The zero-order valence-electron chi connectivity index (χ0n) is 14.4. The maximum Gasteiger partial charge on any atom is 0.235 e. The molecule has 0 bridgehead atoms. The molecule has 1 atom stereocenters. The molecule has 1 aromatic carbocycles. The number of aromatic hydroxyl groups is 1. The monoisotopic (exact) mass is 361 g/mol. The zero-order valence-corrected chi connectivity index (χ0v) is 15.2. The fourth-order valence-corrected chi connectivity index (χ4v) is 4.90. The van der Waals surface area contributed by atoms with E-state index in [1.54, 1.807) is 19.1 Å². The molecule has 1 aliphatic rings. The third-order valence-electron chi connectivity index (χ3n) is 5.07. The van der Waals surface area contributed by atoms with Crippen molar-refractivity contribution < 1.29 is 14.4 Å². The van der Waals surface area contributed by atoms with Gasteiger partial charge in [-0.1, -0.05) is 30.4 Å². The molecule has 2 N–H and O–H groups in total. The quantitative estimate of drug-likeness (QED) is 0.753. The van der Waals surface area contributed by atoms with Crippen LogP contribution in [0, 0.1) is 18.7 Å². The Bertz CT molecular complexity index is 898. The molecule has 7 heteroatoms. The van der Waals surface area contributed by atoms with E-state index < -0.39 is 0 Å². The molecule has 1 fully saturated rings. The minimum absolute atomic E-state index is 0.1000. The van der Waals surface area contributed by atoms with E-state index in [2.05, 4.69) is 17.0 Å². The van der Waals surface area contributed by atoms with Crippen molar-refractivity contribution in [3.8, 4) is 5.88 Å². The number of thiazole rings is 1. The van der Waals surface area contributed by atoms with Crippen molar-refractivity contribution >= 4 is 16.3 Å². The largest absolute Gasteiger partial charge is 0.492 e. The summed E-state index contributed by atoms with van der Waals surface area (Å²) >= 11 is 1.44. The van der Waals surface area contributed by atoms with E-state index in [1.807, 2.05) is 6.07 Å². The number of halogens is 1. The number of likely N-dealkylation sites (tertiary alicyclic amines) is 1. The fourth-order valence-electron chi connectivity index (χ4n) is 3.72. The lowest BCUT2D eigenvalue weighted by atomic mass is 9.95. The Kier molecular flexibility index (Phi) is 4.21. The topological polar surface area (TPSA) is 54.9 Å². The molecule has 132 valence electrons. The van der Waals surface area contributed by atoms with E-state index in [4.69, 9.17) is 0 Å². The molecule has 0 radical (unpaired) electrons. The van der Waals surface area contributed by atoms with Gasteiger partial charge in [-0.25, -0.2) is 9.37 Å². The average molecular weight is 361 g/mol. The lowest BCUT2D eigenvalue weighted by Crippen LogP contribution is -3.13. The number of aromatic nitrogens is 3. The summed E-state index contributed by atoms with van der Waals surface area (Å²) in [5, 5.41) is 15.0. The Morgan fingerprint density at radius 3 is 2.80 bits per heavy atom. The molecule has 3 aromatic rings. The highest BCUT2D eigenvalue weighted by Gasteiger charge is 2.34. The van der Waals surface area contributed by atoms with Gasteiger partial charge >= 0.3 is 0 Å². The van der Waals surface area contributed by atoms with Crippen LogP contribution in [0.5, 0.6) is 5.88 Å². The van der Waals surface area contributed by atoms with Crippen molar-refractivity contribution in [1.82, 2.24) is 14.6 Å². The number of hydrogen-bond donors (Lipinski definition) is 2. The van der Waals surface area contributed by atoms with Crippen molar-refractivity contribution in [3.63, 3.8) is 0 Å². The first-order valence-corrected chi connectivity index (χ1v) is 9.49. The van der Waals surface area contributed by atoms with Crippen LogP contribution in [0.25, 0.3) is 4.96 Å². The number of fused-ring (bicyclic) bond motifs is 1. The highest BCUT2D eigenvalue weighted by molar-refractivity contribution is 7.17. The molecule has 1 saturated heterocycles. The molecule has 3 heterocycles. The van der Waals surface area contributed by atoms with Gasteiger partial charge in [-0.15, -0.1) is 5.10 Å². The molecule has 25 heavy (non-hydrogen) atoms. The zero-order chi connectivity index (χ0) is 17.6. The Morgan fingerprint density at radius 1 is 1.36 bits per heavy atom. The molecule has 1 aliphatic heterocycles. The predicted octanol–water partition coefficient (Wildman–Crippen LogP) is 2.35. The molecule has 0 saturated carbocycles. The summed E-state index contributed by atoms with van der Waals surface area (Å²) in [4.78, 5) is 7.22. The van der Waals surface area contributed by atoms with Crippen LogP contribution in [-0.2, 0) is 0 Å². The Morgan fingerprint density at radius 2 is 2.12 bits per heavy atom. The van der Waals surface area contributed by atoms with Crippen molar-refractivity contribution in [2.75, 3.05) is 13.1 Å². The summed E-state index contributed by atoms with van der Waals surface area (Å²) in [6.45, 7) is 6.10. The van der Waals surface area contributed by atoms with Gasteiger partial charge in [0.2, 0.25) is 10.8 Å². The summed E-state index contributed by atoms with van der Waals surface area (Å²) in [5.74, 6) is 1.23. The number of aryl methyl sites for hydroxylation is 1. The lowest BCUT2D eigenvalue weighted by Gasteiger charge is -2.33. The van der Waals surface area contributed by atoms with Crippen molar-refractivity contribution in [1.29, 1.82) is 0 Å². The normalized spacial score (nSPS) is 22.4. The van der Waals surface area contributed by atoms with Gasteiger partial charge in [-0.3, -0.25) is 0 Å². The minimum atomic E-state index is -0.248. The van der Waals surface area contributed by atoms with Gasteiger partial charge in [0.1, 0.15) is 16.5 Å². The molecular weight excluding hydrogens is 339 g/mol. The van der Waals surface area contributed by atoms with Crippen LogP contribution in [0.4, 0.5) is 4.39 Å². The molecule has 0 unspecified atom stereocenters. The number of piperidine rings is 1. The Hall–Kier alpha value is -1.99. The number of nitrogens with one attached hydrogen (secondary N) is 1. The summed E-state index contributed by atoms with van der Waals surface area (Å²) < 4.78 is 15.4. The summed E-state index contributed by atoms with van der Waals surface area (Å²) in [6.07, 6.45) is 2.28. The van der Waals surface area contributed by atoms with Gasteiger partial charge in [-0.2, -0.15) is 4.52 Å². The van der Waals surface area contributed by atoms with E-state index in [1.165, 1.54) is 26.8 Å². The van der Waals surface area contributed by atoms with Gasteiger partial charge in [0.25, 0.3) is 0 Å². The Labute approximate surface area is 149 Å². The third kappa shape index (κ3) is 3.02. The molecule has 0 amide bonds. The maximum absolute atomic E-state index is 13.9. The summed E-state index contributed by atoms with van der Waals surface area (Å²) in [7, 11) is 0. The van der Waals surface area contributed by atoms with Gasteiger partial charge < -0.3 is 10.0 Å². The second kappa shape index (κ2) is 6.38. The second-order valence-electron chi connectivity index (χ2n) is 6.97. The predicted molar refractivity (Wildman–Crippen MR) is 94.6 cm³/mol. The van der Waals surface area contributed by atoms with Crippen molar-refractivity contribution in [2.24, 2.45) is 5.92 Å². The standard InChI is InChI=1S/C18H21FN4OS/c1-11-6-8-22(9-7-11)15(13-4-3-5-14(19)10-13)16-17(24)23-18(25-16)20-12(2)21-23/h3-5,10-11,15,24H,6-9H2,1-2H3/p+1/t15-/m1/s1. The number of hydrogen-bond acceptors (Lipinski definition) is 4. The van der Waals surface area contributed by atoms with E-state index >= 15 is 0 Å². The van der Waals surface area contributed by atoms with Gasteiger partial charge in [0.05, 0.1) is 13.1 Å². The lowest BCUT2D eigenvalue weighted by molar-refractivity contribution is -0.931. The minimum Gasteiger partial charge on any atom is -0.492 e.